The zero-order valence-corrected chi connectivity index (χ0v) is 28.0. The molecule has 0 aliphatic carbocycles. The van der Waals surface area contributed by atoms with Crippen LogP contribution in [-0.2, 0) is 42.5 Å². The van der Waals surface area contributed by atoms with E-state index in [2.05, 4.69) is 11.9 Å². The highest BCUT2D eigenvalue weighted by molar-refractivity contribution is 8.14. The molecule has 11 heteroatoms. The second-order valence-corrected chi connectivity index (χ2v) is 13.1. The van der Waals surface area contributed by atoms with Gasteiger partial charge in [0.1, 0.15) is 24.2 Å². The Bertz CT molecular complexity index is 1700. The number of hydrogen-bond donors (Lipinski definition) is 1. The molecule has 1 saturated heterocycles. The number of methoxy groups -OCH3 is 1. The van der Waals surface area contributed by atoms with Gasteiger partial charge < -0.3 is 24.1 Å². The largest absolute Gasteiger partial charge is 0.597 e. The molecule has 2 amide bonds. The summed E-state index contributed by atoms with van der Waals surface area (Å²) in [4.78, 5) is 41.0. The average molecular weight is 687 g/mol. The van der Waals surface area contributed by atoms with E-state index >= 15 is 0 Å². The van der Waals surface area contributed by atoms with Gasteiger partial charge in [0, 0.05) is 5.56 Å². The molecule has 1 N–H and O–H groups in total. The number of rotatable bonds is 14. The van der Waals surface area contributed by atoms with Gasteiger partial charge in [-0.25, -0.2) is 4.79 Å². The molecule has 1 fully saturated rings. The van der Waals surface area contributed by atoms with Crippen LogP contribution in [-0.4, -0.2) is 51.8 Å². The van der Waals surface area contributed by atoms with Crippen LogP contribution in [0.1, 0.15) is 35.3 Å². The van der Waals surface area contributed by atoms with Gasteiger partial charge in [-0.1, -0.05) is 97.6 Å². The molecule has 4 aromatic rings. The number of β-lactam (4-membered cyclic amide) rings is 1. The molecule has 1 heterocycles. The number of nitrogens with zero attached hydrogens (tertiary/aromatic N) is 1. The van der Waals surface area contributed by atoms with E-state index < -0.39 is 51.7 Å². The van der Waals surface area contributed by atoms with Crippen LogP contribution < -0.4 is 14.8 Å². The highest BCUT2D eigenvalue weighted by atomic mass is 35.7. The van der Waals surface area contributed by atoms with Crippen molar-refractivity contribution in [1.29, 1.82) is 0 Å². The molecule has 248 valence electrons. The summed E-state index contributed by atoms with van der Waals surface area (Å²) in [5, 5.41) is 1.48. The first-order chi connectivity index (χ1) is 23.2. The van der Waals surface area contributed by atoms with Gasteiger partial charge in [-0.15, -0.1) is 0 Å². The number of nitrogens with one attached hydrogen (secondary N) is 1. The molecular formula is C37H35ClN2O7S. The molecule has 9 nitrogen and oxygen atoms in total. The fourth-order valence-corrected chi connectivity index (χ4v) is 6.84. The minimum absolute atomic E-state index is 0.0691. The van der Waals surface area contributed by atoms with Gasteiger partial charge in [0.05, 0.1) is 23.9 Å². The second-order valence-electron chi connectivity index (χ2n) is 11.2. The molecule has 4 aromatic carbocycles. The van der Waals surface area contributed by atoms with Gasteiger partial charge in [0.25, 0.3) is 5.91 Å². The summed E-state index contributed by atoms with van der Waals surface area (Å²) in [5.74, 6) is -0.765. The number of esters is 1. The van der Waals surface area contributed by atoms with Gasteiger partial charge in [-0.2, -0.15) is 0 Å². The summed E-state index contributed by atoms with van der Waals surface area (Å²) in [6, 6.07) is 31.1. The topological polar surface area (TPSA) is 117 Å². The quantitative estimate of drug-likeness (QED) is 0.0789. The summed E-state index contributed by atoms with van der Waals surface area (Å²) >= 11 is 0. The van der Waals surface area contributed by atoms with Gasteiger partial charge in [0.15, 0.2) is 22.8 Å². The summed E-state index contributed by atoms with van der Waals surface area (Å²) < 4.78 is 29.8. The maximum Gasteiger partial charge on any atom is 0.333 e. The highest BCUT2D eigenvalue weighted by Gasteiger charge is 2.60. The lowest BCUT2D eigenvalue weighted by molar-refractivity contribution is -0.163. The van der Waals surface area contributed by atoms with Gasteiger partial charge in [-0.05, 0) is 47.4 Å². The van der Waals surface area contributed by atoms with Crippen LogP contribution in [0, 0.1) is 0 Å². The number of ether oxygens (including phenoxy) is 3. The number of carbonyl (C=O) groups is 3. The van der Waals surface area contributed by atoms with Crippen molar-refractivity contribution in [1.82, 2.24) is 10.2 Å². The zero-order valence-electron chi connectivity index (χ0n) is 26.4. The van der Waals surface area contributed by atoms with Crippen molar-refractivity contribution in [3.05, 3.63) is 144 Å². The first-order valence-electron chi connectivity index (χ1n) is 15.2. The van der Waals surface area contributed by atoms with Crippen LogP contribution in [0.25, 0.3) is 0 Å². The predicted octanol–water partition coefficient (Wildman–Crippen LogP) is 5.65. The molecule has 4 unspecified atom stereocenters. The van der Waals surface area contributed by atoms with E-state index in [9.17, 15) is 18.9 Å². The number of amides is 2. The van der Waals surface area contributed by atoms with E-state index in [4.69, 9.17) is 24.9 Å². The molecule has 5 rings (SSSR count). The number of carbonyl (C=O) groups excluding carboxylic acids is 3. The van der Waals surface area contributed by atoms with Crippen molar-refractivity contribution >= 4 is 38.9 Å². The fourth-order valence-electron chi connectivity index (χ4n) is 5.47. The Morgan fingerprint density at radius 1 is 0.938 bits per heavy atom. The summed E-state index contributed by atoms with van der Waals surface area (Å²) in [6.45, 7) is 5.34. The Labute approximate surface area is 287 Å². The van der Waals surface area contributed by atoms with Crippen LogP contribution in [0.3, 0.4) is 0 Å². The number of hydrogen-bond acceptors (Lipinski definition) is 7. The van der Waals surface area contributed by atoms with Crippen molar-refractivity contribution in [3.8, 4) is 11.5 Å². The maximum absolute atomic E-state index is 13.4. The van der Waals surface area contributed by atoms with Crippen LogP contribution >= 0.6 is 10.7 Å². The third-order valence-electron chi connectivity index (χ3n) is 7.87. The Morgan fingerprint density at radius 3 is 2.08 bits per heavy atom. The molecule has 0 bridgehead atoms. The molecule has 1 aliphatic heterocycles. The van der Waals surface area contributed by atoms with Crippen molar-refractivity contribution < 1.29 is 33.1 Å². The normalized spacial score (nSPS) is 16.8. The number of benzene rings is 4. The lowest BCUT2D eigenvalue weighted by atomic mass is 9.98. The van der Waals surface area contributed by atoms with Crippen LogP contribution in [0.4, 0.5) is 0 Å². The van der Waals surface area contributed by atoms with Gasteiger partial charge in [-0.3, -0.25) is 14.5 Å². The van der Waals surface area contributed by atoms with Crippen LogP contribution in [0.15, 0.2) is 121 Å². The van der Waals surface area contributed by atoms with E-state index in [1.54, 1.807) is 56.5 Å². The third kappa shape index (κ3) is 8.02. The summed E-state index contributed by atoms with van der Waals surface area (Å²) in [7, 11) is 5.45. The second kappa shape index (κ2) is 15.9. The minimum Gasteiger partial charge on any atom is -0.597 e. The van der Waals surface area contributed by atoms with Crippen molar-refractivity contribution in [3.63, 3.8) is 0 Å². The first kappa shape index (κ1) is 34.6. The Morgan fingerprint density at radius 2 is 1.52 bits per heavy atom. The van der Waals surface area contributed by atoms with Crippen molar-refractivity contribution in [2.75, 3.05) is 7.11 Å². The summed E-state index contributed by atoms with van der Waals surface area (Å²) in [5.41, 5.74) is 3.44. The van der Waals surface area contributed by atoms with Crippen LogP contribution in [0.5, 0.6) is 11.5 Å². The molecule has 0 spiro atoms. The molecule has 4 atom stereocenters. The fraction of sp³-hybridized carbons (Fsp3) is 0.216. The maximum atomic E-state index is 13.4. The van der Waals surface area contributed by atoms with Gasteiger partial charge in [0.2, 0.25) is 11.3 Å². The first-order valence-corrected chi connectivity index (χ1v) is 17.2. The Hall–Kier alpha value is -4.77. The van der Waals surface area contributed by atoms with E-state index in [0.29, 0.717) is 22.6 Å². The lowest BCUT2D eigenvalue weighted by Crippen LogP contribution is -2.75. The zero-order chi connectivity index (χ0) is 34.2. The number of para-hydroxylation sites is 1. The Kier molecular flexibility index (Phi) is 11.4. The van der Waals surface area contributed by atoms with E-state index in [0.717, 1.165) is 16.0 Å². The molecule has 48 heavy (non-hydrogen) atoms. The van der Waals surface area contributed by atoms with Gasteiger partial charge >= 0.3 is 5.97 Å². The summed E-state index contributed by atoms with van der Waals surface area (Å²) in [6.07, 6.45) is -0.573. The number of halogens is 1. The van der Waals surface area contributed by atoms with E-state index in [1.165, 1.54) is 0 Å². The van der Waals surface area contributed by atoms with Crippen LogP contribution in [0.2, 0.25) is 0 Å². The molecule has 1 aliphatic rings. The number of likely N-dealkylation sites (tertiary alicyclic amines) is 1. The SMILES string of the molecule is C=C(C)C(C(=O)OCc1ccc(OC)cc1)N1C(=O)C(NC(=O)Cc2ccccc2OC(c2ccccc2)c2ccccc2)C1[S+]([O-])Cl. The molecule has 0 saturated carbocycles. The standard InChI is InChI=1S/C37H35ClN2O7S/c1-24(2)33(37(43)46-23-25-18-20-29(45-3)21-19-25)40-35(42)32(36(40)48(38)44)39-31(41)22-28-16-10-11-17-30(28)47-34(26-12-6-4-7-13-26)27-14-8-5-9-15-27/h4-21,32-34,36H,1,22-23H2,2-3H3,(H,39,41). The smallest absolute Gasteiger partial charge is 0.333 e. The lowest BCUT2D eigenvalue weighted by Gasteiger charge is -2.47. The molecule has 0 radical (unpaired) electrons. The van der Waals surface area contributed by atoms with Crippen molar-refractivity contribution in [2.24, 2.45) is 0 Å². The Balaban J connectivity index is 1.27. The van der Waals surface area contributed by atoms with E-state index in [-0.39, 0.29) is 18.6 Å². The highest BCUT2D eigenvalue weighted by Crippen LogP contribution is 2.34. The molecular weight excluding hydrogens is 652 g/mol. The average Bonchev–Trinajstić information content (AvgIpc) is 3.10. The predicted molar refractivity (Wildman–Crippen MR) is 183 cm³/mol. The van der Waals surface area contributed by atoms with E-state index in [1.807, 2.05) is 66.7 Å². The minimum atomic E-state index is -2.14. The molecule has 0 aromatic heterocycles. The third-order valence-corrected chi connectivity index (χ3v) is 9.29. The van der Waals surface area contributed by atoms with Crippen molar-refractivity contribution in [2.45, 2.75) is 43.5 Å². The monoisotopic (exact) mass is 686 g/mol.